The minimum atomic E-state index is -3.76. The number of benzene rings is 1. The van der Waals surface area contributed by atoms with Crippen LogP contribution in [0.15, 0.2) is 40.9 Å². The lowest BCUT2D eigenvalue weighted by atomic mass is 10.3. The molecule has 106 valence electrons. The van der Waals surface area contributed by atoms with Crippen LogP contribution in [-0.4, -0.2) is 26.9 Å². The van der Waals surface area contributed by atoms with Gasteiger partial charge in [0.15, 0.2) is 0 Å². The van der Waals surface area contributed by atoms with Crippen LogP contribution in [0.4, 0.5) is 10.5 Å². The molecule has 0 saturated carbocycles. The molecule has 0 bridgehead atoms. The van der Waals surface area contributed by atoms with E-state index in [0.717, 1.165) is 0 Å². The Balaban J connectivity index is 1.98. The van der Waals surface area contributed by atoms with Gasteiger partial charge in [0.1, 0.15) is 0 Å². The van der Waals surface area contributed by atoms with Crippen molar-refractivity contribution in [1.82, 2.24) is 10.6 Å². The summed E-state index contributed by atoms with van der Waals surface area (Å²) in [6.45, 7) is 0.261. The van der Waals surface area contributed by atoms with Gasteiger partial charge in [0, 0.05) is 17.5 Å². The predicted molar refractivity (Wildman–Crippen MR) is 71.1 cm³/mol. The first-order chi connectivity index (χ1) is 9.34. The summed E-state index contributed by atoms with van der Waals surface area (Å²) in [6, 6.07) is 4.85. The molecule has 20 heavy (non-hydrogen) atoms. The zero-order valence-electron chi connectivity index (χ0n) is 10.2. The number of hydrogen-bond acceptors (Lipinski definition) is 4. The molecule has 9 heteroatoms. The highest BCUT2D eigenvalue weighted by molar-refractivity contribution is 7.89. The molecule has 0 radical (unpaired) electrons. The van der Waals surface area contributed by atoms with Gasteiger partial charge in [-0.05, 0) is 24.3 Å². The number of carbonyl (C=O) groups is 2. The molecule has 1 aromatic carbocycles. The fraction of sp³-hybridized carbons (Fsp3) is 0.0909. The average Bonchev–Trinajstić information content (AvgIpc) is 2.74. The van der Waals surface area contributed by atoms with Crippen molar-refractivity contribution in [2.75, 3.05) is 11.9 Å². The zero-order valence-corrected chi connectivity index (χ0v) is 11.0. The van der Waals surface area contributed by atoms with Crippen LogP contribution in [0.2, 0.25) is 0 Å². The maximum Gasteiger partial charge on any atom is 0.323 e. The maximum atomic E-state index is 11.6. The molecule has 1 aliphatic rings. The van der Waals surface area contributed by atoms with E-state index in [1.165, 1.54) is 30.3 Å². The first-order valence-corrected chi connectivity index (χ1v) is 7.08. The van der Waals surface area contributed by atoms with Crippen molar-refractivity contribution < 1.29 is 18.0 Å². The summed E-state index contributed by atoms with van der Waals surface area (Å²) in [5.74, 6) is -0.266. The molecule has 3 amide bonds. The highest BCUT2D eigenvalue weighted by Gasteiger charge is 2.13. The van der Waals surface area contributed by atoms with Crippen molar-refractivity contribution in [2.24, 2.45) is 5.14 Å². The van der Waals surface area contributed by atoms with Crippen molar-refractivity contribution in [3.8, 4) is 0 Å². The number of anilines is 1. The third kappa shape index (κ3) is 3.56. The second-order valence-electron chi connectivity index (χ2n) is 4.04. The highest BCUT2D eigenvalue weighted by Crippen LogP contribution is 2.12. The molecule has 8 nitrogen and oxygen atoms in total. The molecule has 1 aromatic rings. The van der Waals surface area contributed by atoms with Crippen LogP contribution in [0.5, 0.6) is 0 Å². The van der Waals surface area contributed by atoms with E-state index in [2.05, 4.69) is 16.0 Å². The third-order valence-electron chi connectivity index (χ3n) is 2.47. The SMILES string of the molecule is NS(=O)(=O)c1ccc(NC(=O)NC2=CC(=O)NC2)cc1. The molecule has 0 atom stereocenters. The minimum Gasteiger partial charge on any atom is -0.347 e. The zero-order chi connectivity index (χ0) is 14.8. The normalized spacial score (nSPS) is 14.4. The largest absolute Gasteiger partial charge is 0.347 e. The van der Waals surface area contributed by atoms with Gasteiger partial charge in [-0.1, -0.05) is 0 Å². The van der Waals surface area contributed by atoms with E-state index in [1.807, 2.05) is 0 Å². The Bertz CT molecular complexity index is 679. The highest BCUT2D eigenvalue weighted by atomic mass is 32.2. The summed E-state index contributed by atoms with van der Waals surface area (Å²) in [5.41, 5.74) is 0.849. The van der Waals surface area contributed by atoms with Gasteiger partial charge in [-0.2, -0.15) is 0 Å². The lowest BCUT2D eigenvalue weighted by Gasteiger charge is -2.08. The number of sulfonamides is 1. The Morgan fingerprint density at radius 3 is 2.35 bits per heavy atom. The second-order valence-corrected chi connectivity index (χ2v) is 5.60. The number of carbonyl (C=O) groups excluding carboxylic acids is 2. The Kier molecular flexibility index (Phi) is 3.72. The van der Waals surface area contributed by atoms with E-state index in [4.69, 9.17) is 5.14 Å². The molecule has 1 heterocycles. The van der Waals surface area contributed by atoms with Gasteiger partial charge < -0.3 is 16.0 Å². The maximum absolute atomic E-state index is 11.6. The van der Waals surface area contributed by atoms with E-state index in [9.17, 15) is 18.0 Å². The Hall–Kier alpha value is -2.39. The van der Waals surface area contributed by atoms with Gasteiger partial charge in [-0.15, -0.1) is 0 Å². The minimum absolute atomic E-state index is 0.0447. The third-order valence-corrected chi connectivity index (χ3v) is 3.40. The van der Waals surface area contributed by atoms with Crippen LogP contribution in [0, 0.1) is 0 Å². The average molecular weight is 296 g/mol. The van der Waals surface area contributed by atoms with Gasteiger partial charge in [0.25, 0.3) is 0 Å². The van der Waals surface area contributed by atoms with E-state index in [-0.39, 0.29) is 17.3 Å². The van der Waals surface area contributed by atoms with E-state index in [1.54, 1.807) is 0 Å². The van der Waals surface area contributed by atoms with Crippen LogP contribution in [0.1, 0.15) is 0 Å². The van der Waals surface area contributed by atoms with Crippen LogP contribution in [0.3, 0.4) is 0 Å². The van der Waals surface area contributed by atoms with Crippen molar-refractivity contribution in [1.29, 1.82) is 0 Å². The van der Waals surface area contributed by atoms with Gasteiger partial charge in [-0.3, -0.25) is 4.79 Å². The fourth-order valence-corrected chi connectivity index (χ4v) is 2.07. The molecule has 0 unspecified atom stereocenters. The van der Waals surface area contributed by atoms with Gasteiger partial charge in [-0.25, -0.2) is 18.4 Å². The lowest BCUT2D eigenvalue weighted by Crippen LogP contribution is -2.30. The summed E-state index contributed by atoms with van der Waals surface area (Å²) in [6.07, 6.45) is 1.28. The van der Waals surface area contributed by atoms with Crippen molar-refractivity contribution >= 4 is 27.6 Å². The molecule has 0 spiro atoms. The fourth-order valence-electron chi connectivity index (χ4n) is 1.56. The first-order valence-electron chi connectivity index (χ1n) is 5.54. The van der Waals surface area contributed by atoms with Crippen LogP contribution < -0.4 is 21.1 Å². The monoisotopic (exact) mass is 296 g/mol. The summed E-state index contributed by atoms with van der Waals surface area (Å²) < 4.78 is 22.1. The summed E-state index contributed by atoms with van der Waals surface area (Å²) in [7, 11) is -3.76. The van der Waals surface area contributed by atoms with E-state index >= 15 is 0 Å². The Labute approximate surface area is 115 Å². The molecular formula is C11H12N4O4S. The molecule has 0 saturated heterocycles. The number of nitrogens with two attached hydrogens (primary N) is 1. The molecule has 1 aliphatic heterocycles. The van der Waals surface area contributed by atoms with Gasteiger partial charge in [0.05, 0.1) is 11.4 Å². The molecular weight excluding hydrogens is 284 g/mol. The van der Waals surface area contributed by atoms with Crippen molar-refractivity contribution in [3.05, 3.63) is 36.0 Å². The summed E-state index contributed by atoms with van der Waals surface area (Å²) in [5, 5.41) is 12.4. The molecule has 0 aromatic heterocycles. The number of nitrogens with one attached hydrogen (secondary N) is 3. The lowest BCUT2D eigenvalue weighted by molar-refractivity contribution is -0.115. The second kappa shape index (κ2) is 5.31. The molecule has 2 rings (SSSR count). The number of hydrogen-bond donors (Lipinski definition) is 4. The predicted octanol–water partition coefficient (Wildman–Crippen LogP) is -0.531. The van der Waals surface area contributed by atoms with Gasteiger partial charge in [0.2, 0.25) is 15.9 Å². The molecule has 5 N–H and O–H groups in total. The number of rotatable bonds is 3. The van der Waals surface area contributed by atoms with Gasteiger partial charge >= 0.3 is 6.03 Å². The van der Waals surface area contributed by atoms with E-state index in [0.29, 0.717) is 11.4 Å². The number of urea groups is 1. The standard InChI is InChI=1S/C11H12N4O4S/c12-20(18,19)9-3-1-7(2-4-9)14-11(17)15-8-5-10(16)13-6-8/h1-5H,6H2,(H,13,16)(H2,12,18,19)(H2,14,15,17). The van der Waals surface area contributed by atoms with Crippen LogP contribution in [0.25, 0.3) is 0 Å². The quantitative estimate of drug-likeness (QED) is 0.597. The molecule has 0 aliphatic carbocycles. The smallest absolute Gasteiger partial charge is 0.323 e. The van der Waals surface area contributed by atoms with E-state index < -0.39 is 16.1 Å². The summed E-state index contributed by atoms with van der Waals surface area (Å²) in [4.78, 5) is 22.5. The van der Waals surface area contributed by atoms with Crippen LogP contribution >= 0.6 is 0 Å². The summed E-state index contributed by atoms with van der Waals surface area (Å²) >= 11 is 0. The van der Waals surface area contributed by atoms with Crippen LogP contribution in [-0.2, 0) is 14.8 Å². The first kappa shape index (κ1) is 14.0. The Morgan fingerprint density at radius 2 is 1.85 bits per heavy atom. The van der Waals surface area contributed by atoms with Crippen molar-refractivity contribution in [3.63, 3.8) is 0 Å². The topological polar surface area (TPSA) is 130 Å². The molecule has 0 fully saturated rings. The number of amides is 3. The van der Waals surface area contributed by atoms with Crippen molar-refractivity contribution in [2.45, 2.75) is 4.90 Å². The number of primary sulfonamides is 1. The Morgan fingerprint density at radius 1 is 1.20 bits per heavy atom.